The van der Waals surface area contributed by atoms with E-state index in [9.17, 15) is 4.79 Å². The van der Waals surface area contributed by atoms with E-state index in [0.29, 0.717) is 18.0 Å². The Hall–Kier alpha value is -2.75. The fraction of sp³-hybridized carbons (Fsp3) is 0.250. The summed E-state index contributed by atoms with van der Waals surface area (Å²) < 4.78 is 10.6. The number of ether oxygens (including phenoxy) is 2. The number of carbonyl (C=O) groups excluding carboxylic acids is 1. The molecule has 0 fully saturated rings. The smallest absolute Gasteiger partial charge is 0.244 e. The van der Waals surface area contributed by atoms with Gasteiger partial charge in [-0.05, 0) is 37.1 Å². The van der Waals surface area contributed by atoms with Crippen LogP contribution in [0.15, 0.2) is 48.5 Å². The molecule has 1 amide bonds. The predicted molar refractivity (Wildman–Crippen MR) is 96.2 cm³/mol. The van der Waals surface area contributed by atoms with Crippen molar-refractivity contribution in [2.24, 2.45) is 0 Å². The minimum absolute atomic E-state index is 0.133. The van der Waals surface area contributed by atoms with Gasteiger partial charge in [-0.1, -0.05) is 29.8 Å². The van der Waals surface area contributed by atoms with Gasteiger partial charge in [0.05, 0.1) is 14.2 Å². The lowest BCUT2D eigenvalue weighted by Gasteiger charge is -2.11. The number of carbonyl (C=O) groups is 1. The van der Waals surface area contributed by atoms with E-state index in [1.54, 1.807) is 26.4 Å². The summed E-state index contributed by atoms with van der Waals surface area (Å²) in [6.45, 7) is 4.43. The van der Waals surface area contributed by atoms with Crippen molar-refractivity contribution < 1.29 is 14.3 Å². The van der Waals surface area contributed by atoms with Crippen molar-refractivity contribution >= 4 is 11.5 Å². The molecular weight excluding hydrogens is 302 g/mol. The van der Waals surface area contributed by atoms with E-state index in [1.807, 2.05) is 50.2 Å². The Morgan fingerprint density at radius 3 is 2.42 bits per heavy atom. The van der Waals surface area contributed by atoms with Crippen LogP contribution in [0.3, 0.4) is 0 Å². The topological polar surface area (TPSA) is 47.6 Å². The molecule has 4 heteroatoms. The number of allylic oxidation sites excluding steroid dienone is 1. The second-order valence-corrected chi connectivity index (χ2v) is 5.60. The molecule has 0 aromatic heterocycles. The van der Waals surface area contributed by atoms with Crippen LogP contribution in [-0.4, -0.2) is 20.1 Å². The first-order chi connectivity index (χ1) is 11.5. The molecule has 0 bridgehead atoms. The third-order valence-corrected chi connectivity index (χ3v) is 3.77. The number of nitrogens with one attached hydrogen (secondary N) is 1. The quantitative estimate of drug-likeness (QED) is 0.823. The largest absolute Gasteiger partial charge is 0.497 e. The van der Waals surface area contributed by atoms with Gasteiger partial charge in [-0.15, -0.1) is 0 Å². The van der Waals surface area contributed by atoms with Gasteiger partial charge in [0, 0.05) is 24.3 Å². The summed E-state index contributed by atoms with van der Waals surface area (Å²) in [7, 11) is 3.21. The third kappa shape index (κ3) is 4.62. The van der Waals surface area contributed by atoms with Crippen LogP contribution in [-0.2, 0) is 11.3 Å². The average Bonchev–Trinajstić information content (AvgIpc) is 2.60. The number of hydrogen-bond acceptors (Lipinski definition) is 3. The van der Waals surface area contributed by atoms with E-state index >= 15 is 0 Å². The molecule has 0 unspecified atom stereocenters. The van der Waals surface area contributed by atoms with Crippen molar-refractivity contribution in [2.45, 2.75) is 20.4 Å². The van der Waals surface area contributed by atoms with Crippen LogP contribution in [0.5, 0.6) is 11.5 Å². The summed E-state index contributed by atoms with van der Waals surface area (Å²) in [6, 6.07) is 13.6. The van der Waals surface area contributed by atoms with Crippen molar-refractivity contribution in [1.29, 1.82) is 0 Å². The molecule has 2 rings (SSSR count). The fourth-order valence-electron chi connectivity index (χ4n) is 2.34. The van der Waals surface area contributed by atoms with Crippen LogP contribution >= 0.6 is 0 Å². The van der Waals surface area contributed by atoms with Gasteiger partial charge in [0.1, 0.15) is 11.5 Å². The monoisotopic (exact) mass is 325 g/mol. The van der Waals surface area contributed by atoms with Crippen LogP contribution in [0.4, 0.5) is 0 Å². The number of aryl methyl sites for hydroxylation is 1. The SMILES string of the molecule is COc1ccc(/C(C)=C/C(=O)NCc2ccc(C)cc2)c(OC)c1. The molecule has 0 atom stereocenters. The fourth-order valence-corrected chi connectivity index (χ4v) is 2.34. The summed E-state index contributed by atoms with van der Waals surface area (Å²) >= 11 is 0. The molecule has 4 nitrogen and oxygen atoms in total. The Bertz CT molecular complexity index is 733. The van der Waals surface area contributed by atoms with Crippen LogP contribution in [0, 0.1) is 6.92 Å². The highest BCUT2D eigenvalue weighted by molar-refractivity contribution is 5.95. The summed E-state index contributed by atoms with van der Waals surface area (Å²) in [5.74, 6) is 1.26. The van der Waals surface area contributed by atoms with Crippen molar-refractivity contribution in [3.8, 4) is 11.5 Å². The second-order valence-electron chi connectivity index (χ2n) is 5.60. The first kappa shape index (κ1) is 17.6. The standard InChI is InChI=1S/C20H23NO3/c1-14-5-7-16(8-6-14)13-21-20(22)11-15(2)18-10-9-17(23-3)12-19(18)24-4/h5-12H,13H2,1-4H3,(H,21,22)/b15-11+. The van der Waals surface area contributed by atoms with Gasteiger partial charge in [-0.3, -0.25) is 4.79 Å². The van der Waals surface area contributed by atoms with Crippen molar-refractivity contribution in [1.82, 2.24) is 5.32 Å². The maximum atomic E-state index is 12.1. The normalized spacial score (nSPS) is 11.1. The molecule has 0 aliphatic carbocycles. The number of benzene rings is 2. The average molecular weight is 325 g/mol. The van der Waals surface area contributed by atoms with Gasteiger partial charge in [-0.2, -0.15) is 0 Å². The van der Waals surface area contributed by atoms with Crippen molar-refractivity contribution in [3.05, 3.63) is 65.2 Å². The molecule has 0 saturated carbocycles. The van der Waals surface area contributed by atoms with Gasteiger partial charge in [0.15, 0.2) is 0 Å². The molecule has 1 N–H and O–H groups in total. The molecule has 24 heavy (non-hydrogen) atoms. The van der Waals surface area contributed by atoms with Crippen molar-refractivity contribution in [2.75, 3.05) is 14.2 Å². The van der Waals surface area contributed by atoms with Gasteiger partial charge in [0.2, 0.25) is 5.91 Å². The highest BCUT2D eigenvalue weighted by Crippen LogP contribution is 2.29. The number of amides is 1. The Morgan fingerprint density at radius 1 is 1.08 bits per heavy atom. The summed E-state index contributed by atoms with van der Waals surface area (Å²) in [6.07, 6.45) is 1.58. The third-order valence-electron chi connectivity index (χ3n) is 3.77. The van der Waals surface area contributed by atoms with Crippen LogP contribution in [0.1, 0.15) is 23.6 Å². The van der Waals surface area contributed by atoms with Crippen LogP contribution in [0.2, 0.25) is 0 Å². The Morgan fingerprint density at radius 2 is 1.79 bits per heavy atom. The number of rotatable bonds is 6. The van der Waals surface area contributed by atoms with Crippen molar-refractivity contribution in [3.63, 3.8) is 0 Å². The number of hydrogen-bond donors (Lipinski definition) is 1. The zero-order valence-corrected chi connectivity index (χ0v) is 14.6. The van der Waals surface area contributed by atoms with E-state index in [0.717, 1.165) is 16.7 Å². The molecule has 0 radical (unpaired) electrons. The molecule has 0 aliphatic heterocycles. The Kier molecular flexibility index (Phi) is 6.01. The first-order valence-electron chi connectivity index (χ1n) is 7.77. The lowest BCUT2D eigenvalue weighted by atomic mass is 10.1. The highest BCUT2D eigenvalue weighted by Gasteiger charge is 2.08. The molecular formula is C20H23NO3. The van der Waals surface area contributed by atoms with Gasteiger partial charge in [-0.25, -0.2) is 0 Å². The van der Waals surface area contributed by atoms with Crippen LogP contribution in [0.25, 0.3) is 5.57 Å². The lowest BCUT2D eigenvalue weighted by molar-refractivity contribution is -0.116. The predicted octanol–water partition coefficient (Wildman–Crippen LogP) is 3.73. The van der Waals surface area contributed by atoms with Crippen LogP contribution < -0.4 is 14.8 Å². The molecule has 2 aromatic rings. The summed E-state index contributed by atoms with van der Waals surface area (Å²) in [4.78, 5) is 12.1. The Balaban J connectivity index is 2.06. The molecule has 126 valence electrons. The van der Waals surface area contributed by atoms with Gasteiger partial charge in [0.25, 0.3) is 0 Å². The van der Waals surface area contributed by atoms with E-state index < -0.39 is 0 Å². The maximum absolute atomic E-state index is 12.1. The molecule has 2 aromatic carbocycles. The maximum Gasteiger partial charge on any atom is 0.244 e. The highest BCUT2D eigenvalue weighted by atomic mass is 16.5. The molecule has 0 aliphatic rings. The zero-order valence-electron chi connectivity index (χ0n) is 14.6. The van der Waals surface area contributed by atoms with E-state index in [1.165, 1.54) is 5.56 Å². The van der Waals surface area contributed by atoms with E-state index in [4.69, 9.17) is 9.47 Å². The number of methoxy groups -OCH3 is 2. The van der Waals surface area contributed by atoms with E-state index in [-0.39, 0.29) is 5.91 Å². The molecule has 0 heterocycles. The summed E-state index contributed by atoms with van der Waals surface area (Å²) in [5.41, 5.74) is 3.97. The molecule has 0 saturated heterocycles. The summed E-state index contributed by atoms with van der Waals surface area (Å²) in [5, 5.41) is 2.90. The zero-order chi connectivity index (χ0) is 17.5. The lowest BCUT2D eigenvalue weighted by Crippen LogP contribution is -2.20. The molecule has 0 spiro atoms. The first-order valence-corrected chi connectivity index (χ1v) is 7.77. The van der Waals surface area contributed by atoms with Gasteiger partial charge < -0.3 is 14.8 Å². The van der Waals surface area contributed by atoms with Gasteiger partial charge >= 0.3 is 0 Å². The second kappa shape index (κ2) is 8.20. The minimum atomic E-state index is -0.133. The minimum Gasteiger partial charge on any atom is -0.497 e. The van der Waals surface area contributed by atoms with E-state index in [2.05, 4.69) is 5.32 Å². The Labute approximate surface area is 143 Å².